The van der Waals surface area contributed by atoms with Crippen LogP contribution in [-0.2, 0) is 0 Å². The number of benzene rings is 4. The van der Waals surface area contributed by atoms with Crippen molar-refractivity contribution in [3.8, 4) is 47.8 Å². The summed E-state index contributed by atoms with van der Waals surface area (Å²) in [6.07, 6.45) is 0. The predicted octanol–water partition coefficient (Wildman–Crippen LogP) is 3.68. The van der Waals surface area contributed by atoms with E-state index in [4.69, 9.17) is 0 Å². The highest BCUT2D eigenvalue weighted by Crippen LogP contribution is 2.36. The fourth-order valence-corrected chi connectivity index (χ4v) is 6.69. The van der Waals surface area contributed by atoms with Crippen molar-refractivity contribution in [2.45, 2.75) is 0 Å². The number of thiophene rings is 1. The molecular formula is C37H11N13S. The third-order valence-electron chi connectivity index (χ3n) is 8.01. The molecule has 0 unspecified atom stereocenters. The molecule has 6 aromatic rings. The Morgan fingerprint density at radius 2 is 0.941 bits per heavy atom. The Balaban J connectivity index is 1.38. The average Bonchev–Trinajstić information content (AvgIpc) is 3.88. The van der Waals surface area contributed by atoms with Crippen molar-refractivity contribution in [2.75, 3.05) is 0 Å². The second-order valence-electron chi connectivity index (χ2n) is 10.9. The van der Waals surface area contributed by atoms with E-state index in [0.29, 0.717) is 5.56 Å². The first-order chi connectivity index (χ1) is 24.9. The van der Waals surface area contributed by atoms with Crippen LogP contribution < -0.4 is 21.4 Å². The highest BCUT2D eigenvalue weighted by atomic mass is 32.1. The number of rotatable bonds is 3. The molecule has 0 saturated heterocycles. The number of allylic oxidation sites excluding steroid dienone is 2. The molecule has 0 fully saturated rings. The molecule has 4 heterocycles. The van der Waals surface area contributed by atoms with Crippen LogP contribution >= 0.6 is 11.3 Å². The van der Waals surface area contributed by atoms with E-state index in [1.807, 2.05) is 66.7 Å². The van der Waals surface area contributed by atoms with E-state index in [0.717, 1.165) is 20.2 Å². The van der Waals surface area contributed by atoms with Crippen LogP contribution in [0.5, 0.6) is 0 Å². The first-order valence-electron chi connectivity index (χ1n) is 14.8. The fourth-order valence-electron chi connectivity index (χ4n) is 5.61. The fraction of sp³-hybridized carbons (Fsp3) is 0. The van der Waals surface area contributed by atoms with Gasteiger partial charge in [-0.2, -0.15) is 31.6 Å². The van der Waals surface area contributed by atoms with Gasteiger partial charge >= 0.3 is 0 Å². The van der Waals surface area contributed by atoms with Crippen molar-refractivity contribution < 1.29 is 0 Å². The van der Waals surface area contributed by atoms with E-state index in [9.17, 15) is 31.6 Å². The van der Waals surface area contributed by atoms with Gasteiger partial charge in [0.25, 0.3) is 0 Å². The zero-order valence-corrected chi connectivity index (χ0v) is 26.4. The average molecular weight is 670 g/mol. The molecule has 2 aliphatic heterocycles. The van der Waals surface area contributed by atoms with Crippen LogP contribution in [0.25, 0.3) is 42.7 Å². The van der Waals surface area contributed by atoms with Crippen LogP contribution in [-0.4, -0.2) is 15.0 Å². The number of hydrogen-bond donors (Lipinski definition) is 0. The summed E-state index contributed by atoms with van der Waals surface area (Å²) >= 11 is 1.64. The first-order valence-corrected chi connectivity index (χ1v) is 15.6. The highest BCUT2D eigenvalue weighted by Gasteiger charge is 2.23. The Labute approximate surface area is 289 Å². The van der Waals surface area contributed by atoms with Gasteiger partial charge in [-0.3, -0.25) is 0 Å². The van der Waals surface area contributed by atoms with E-state index in [2.05, 4.69) is 47.1 Å². The summed E-state index contributed by atoms with van der Waals surface area (Å²) in [4.78, 5) is 31.6. The quantitative estimate of drug-likeness (QED) is 0.250. The minimum absolute atomic E-state index is 0.0595. The minimum atomic E-state index is -0.154. The normalized spacial score (nSPS) is 12.0. The van der Waals surface area contributed by atoms with Gasteiger partial charge in [0, 0.05) is 25.7 Å². The minimum Gasteiger partial charge on any atom is -0.226 e. The number of hydrogen-bond acceptors (Lipinski definition) is 14. The highest BCUT2D eigenvalue weighted by molar-refractivity contribution is 7.25. The number of nitriles is 6. The van der Waals surface area contributed by atoms with E-state index in [-0.39, 0.29) is 83.9 Å². The number of nitrogens with zero attached hydrogens (tertiary/aromatic N) is 13. The lowest BCUT2D eigenvalue weighted by Gasteiger charge is -2.08. The molecule has 8 rings (SSSR count). The molecular weight excluding hydrogens is 659 g/mol. The summed E-state index contributed by atoms with van der Waals surface area (Å²) in [7, 11) is 0. The molecule has 0 radical (unpaired) electrons. The van der Waals surface area contributed by atoms with Gasteiger partial charge in [-0.05, 0) is 48.5 Å². The Hall–Kier alpha value is -8.27. The maximum absolute atomic E-state index is 10.4. The molecule has 14 heteroatoms. The molecule has 0 saturated carbocycles. The van der Waals surface area contributed by atoms with Crippen molar-refractivity contribution in [3.05, 3.63) is 134 Å². The number of fused-ring (bicyclic) bond motifs is 5. The van der Waals surface area contributed by atoms with Crippen LogP contribution in [0, 0.1) is 68.0 Å². The zero-order chi connectivity index (χ0) is 35.2. The summed E-state index contributed by atoms with van der Waals surface area (Å²) in [5, 5.41) is 62.0. The van der Waals surface area contributed by atoms with Gasteiger partial charge in [0.05, 0.1) is 43.7 Å². The lowest BCUT2D eigenvalue weighted by molar-refractivity contribution is 0.993. The molecule has 0 bridgehead atoms. The maximum atomic E-state index is 10.4. The molecule has 13 nitrogen and oxygen atoms in total. The smallest absolute Gasteiger partial charge is 0.178 e. The van der Waals surface area contributed by atoms with Gasteiger partial charge in [-0.25, -0.2) is 34.9 Å². The Morgan fingerprint density at radius 1 is 0.490 bits per heavy atom. The SMILES string of the molecule is N#CC(=C1N=c2cc(C#N)c(C#N)cc2=N1)c1nc(C(C#N)=C2N=c3cc(C#N)c(C#N)cc3=N2)nc(-c2ccc3sc4ccccc4c3c2)n1. The molecule has 230 valence electrons. The number of aromatic nitrogens is 3. The van der Waals surface area contributed by atoms with Crippen LogP contribution in [0.15, 0.2) is 98.3 Å². The maximum Gasteiger partial charge on any atom is 0.178 e. The van der Waals surface area contributed by atoms with Crippen molar-refractivity contribution >= 4 is 42.7 Å². The third-order valence-corrected chi connectivity index (χ3v) is 9.16. The van der Waals surface area contributed by atoms with Gasteiger partial charge < -0.3 is 0 Å². The Kier molecular flexibility index (Phi) is 6.94. The van der Waals surface area contributed by atoms with Gasteiger partial charge in [0.1, 0.15) is 47.6 Å². The standard InChI is InChI=1S/C37H11N13S/c38-12-19-8-27-28(9-20(19)13-39)45-34(44-27)25(16-42)36-48-33(18-5-6-32-24(7-18)23-3-1-2-4-31(23)51-32)49-37(50-36)26(17-43)35-46-29-10-21(14-40)22(15-41)11-30(29)47-35/h1-11H. The zero-order valence-electron chi connectivity index (χ0n) is 25.6. The van der Waals surface area contributed by atoms with Crippen LogP contribution in [0.4, 0.5) is 0 Å². The molecule has 0 aliphatic carbocycles. The lowest BCUT2D eigenvalue weighted by atomic mass is 10.1. The lowest BCUT2D eigenvalue weighted by Crippen LogP contribution is -2.22. The third kappa shape index (κ3) is 4.92. The largest absolute Gasteiger partial charge is 0.226 e. The summed E-state index contributed by atoms with van der Waals surface area (Å²) < 4.78 is 2.14. The molecule has 0 atom stereocenters. The molecule has 0 spiro atoms. The summed E-state index contributed by atoms with van der Waals surface area (Å²) in [5.41, 5.74) is 0.690. The Bertz CT molecular complexity index is 2950. The van der Waals surface area contributed by atoms with Crippen molar-refractivity contribution in [1.82, 2.24) is 15.0 Å². The molecule has 0 amide bonds. The van der Waals surface area contributed by atoms with Gasteiger partial charge in [-0.15, -0.1) is 11.3 Å². The van der Waals surface area contributed by atoms with E-state index >= 15 is 0 Å². The summed E-state index contributed by atoms with van der Waals surface area (Å²) in [6.45, 7) is 0. The molecule has 51 heavy (non-hydrogen) atoms. The van der Waals surface area contributed by atoms with Crippen LogP contribution in [0.3, 0.4) is 0 Å². The molecule has 2 aliphatic rings. The van der Waals surface area contributed by atoms with Crippen molar-refractivity contribution in [1.29, 1.82) is 31.6 Å². The monoisotopic (exact) mass is 669 g/mol. The second-order valence-corrected chi connectivity index (χ2v) is 12.0. The van der Waals surface area contributed by atoms with Crippen LogP contribution in [0.1, 0.15) is 33.9 Å². The topological polar surface area (TPSA) is 231 Å². The van der Waals surface area contributed by atoms with E-state index in [1.165, 1.54) is 24.3 Å². The van der Waals surface area contributed by atoms with E-state index < -0.39 is 0 Å². The van der Waals surface area contributed by atoms with Gasteiger partial charge in [0.2, 0.25) is 0 Å². The van der Waals surface area contributed by atoms with Crippen LogP contribution in [0.2, 0.25) is 0 Å². The molecule has 2 aromatic heterocycles. The van der Waals surface area contributed by atoms with Crippen molar-refractivity contribution in [3.63, 3.8) is 0 Å². The molecule has 0 N–H and O–H groups in total. The Morgan fingerprint density at radius 3 is 1.39 bits per heavy atom. The summed E-state index contributed by atoms with van der Waals surface area (Å²) in [6, 6.07) is 31.3. The molecule has 4 aromatic carbocycles. The van der Waals surface area contributed by atoms with Gasteiger partial charge in [-0.1, -0.05) is 18.2 Å². The van der Waals surface area contributed by atoms with Gasteiger partial charge in [0.15, 0.2) is 29.1 Å². The summed E-state index contributed by atoms with van der Waals surface area (Å²) in [5.74, 6) is -0.276. The predicted molar refractivity (Wildman–Crippen MR) is 180 cm³/mol. The van der Waals surface area contributed by atoms with E-state index in [1.54, 1.807) is 11.3 Å². The second kappa shape index (κ2) is 11.8. The first kappa shape index (κ1) is 30.1. The van der Waals surface area contributed by atoms with Crippen molar-refractivity contribution in [2.24, 2.45) is 20.0 Å².